The van der Waals surface area contributed by atoms with Gasteiger partial charge >= 0.3 is 0 Å². The van der Waals surface area contributed by atoms with E-state index < -0.39 is 0 Å². The van der Waals surface area contributed by atoms with E-state index in [4.69, 9.17) is 14.5 Å². The summed E-state index contributed by atoms with van der Waals surface area (Å²) in [6.07, 6.45) is 2.59. The van der Waals surface area contributed by atoms with Gasteiger partial charge in [-0.1, -0.05) is 13.0 Å². The van der Waals surface area contributed by atoms with E-state index in [1.54, 1.807) is 0 Å². The highest BCUT2D eigenvalue weighted by Crippen LogP contribution is 2.32. The van der Waals surface area contributed by atoms with E-state index in [1.165, 1.54) is 25.9 Å². The van der Waals surface area contributed by atoms with Crippen LogP contribution in [0.25, 0.3) is 0 Å². The Morgan fingerprint density at radius 1 is 1.24 bits per heavy atom. The number of nitrogens with one attached hydrogen (secondary N) is 2. The van der Waals surface area contributed by atoms with Gasteiger partial charge in [0.25, 0.3) is 0 Å². The third kappa shape index (κ3) is 5.01. The second-order valence-corrected chi connectivity index (χ2v) is 6.67. The average molecular weight is 346 g/mol. The summed E-state index contributed by atoms with van der Waals surface area (Å²) in [6, 6.07) is 6.01. The van der Waals surface area contributed by atoms with Crippen molar-refractivity contribution in [3.63, 3.8) is 0 Å². The molecule has 2 aliphatic rings. The molecule has 1 aromatic carbocycles. The number of piperidine rings is 1. The summed E-state index contributed by atoms with van der Waals surface area (Å²) in [5.41, 5.74) is 1.12. The molecule has 25 heavy (non-hydrogen) atoms. The number of hydrogen-bond donors (Lipinski definition) is 2. The van der Waals surface area contributed by atoms with Gasteiger partial charge in [-0.15, -0.1) is 0 Å². The molecule has 1 atom stereocenters. The van der Waals surface area contributed by atoms with Gasteiger partial charge < -0.3 is 25.0 Å². The van der Waals surface area contributed by atoms with E-state index in [0.29, 0.717) is 19.3 Å². The summed E-state index contributed by atoms with van der Waals surface area (Å²) in [7, 11) is 0. The first-order chi connectivity index (χ1) is 12.3. The van der Waals surface area contributed by atoms with Crippen LogP contribution in [0.1, 0.15) is 32.3 Å². The summed E-state index contributed by atoms with van der Waals surface area (Å²) in [4.78, 5) is 7.25. The van der Waals surface area contributed by atoms with Crippen molar-refractivity contribution in [2.45, 2.75) is 33.2 Å². The van der Waals surface area contributed by atoms with Crippen LogP contribution in [0.15, 0.2) is 23.2 Å². The molecule has 3 rings (SSSR count). The zero-order valence-electron chi connectivity index (χ0n) is 15.4. The van der Waals surface area contributed by atoms with Gasteiger partial charge in [0.1, 0.15) is 0 Å². The summed E-state index contributed by atoms with van der Waals surface area (Å²) in [6.45, 7) is 10.7. The molecule has 2 N–H and O–H groups in total. The molecule has 0 amide bonds. The van der Waals surface area contributed by atoms with Gasteiger partial charge in [-0.05, 0) is 56.5 Å². The Morgan fingerprint density at radius 2 is 2.12 bits per heavy atom. The lowest BCUT2D eigenvalue weighted by Gasteiger charge is -2.32. The van der Waals surface area contributed by atoms with E-state index in [1.807, 2.05) is 18.2 Å². The Hall–Kier alpha value is -1.95. The zero-order valence-corrected chi connectivity index (χ0v) is 15.4. The Kier molecular flexibility index (Phi) is 6.39. The van der Waals surface area contributed by atoms with E-state index in [9.17, 15) is 0 Å². The highest BCUT2D eigenvalue weighted by Gasteiger charge is 2.18. The van der Waals surface area contributed by atoms with Crippen molar-refractivity contribution in [1.29, 1.82) is 0 Å². The van der Waals surface area contributed by atoms with Crippen molar-refractivity contribution in [3.05, 3.63) is 23.8 Å². The fraction of sp³-hybridized carbons (Fsp3) is 0.632. The van der Waals surface area contributed by atoms with Crippen LogP contribution in [-0.4, -0.2) is 50.4 Å². The molecule has 0 radical (unpaired) electrons. The number of fused-ring (bicyclic) bond motifs is 1. The van der Waals surface area contributed by atoms with Crippen LogP contribution in [0.3, 0.4) is 0 Å². The van der Waals surface area contributed by atoms with Crippen molar-refractivity contribution in [3.8, 4) is 11.5 Å². The first-order valence-corrected chi connectivity index (χ1v) is 9.41. The summed E-state index contributed by atoms with van der Waals surface area (Å²) >= 11 is 0. The number of aliphatic imine (C=N–C) groups is 1. The quantitative estimate of drug-likeness (QED) is 0.611. The molecule has 2 aliphatic heterocycles. The van der Waals surface area contributed by atoms with Crippen molar-refractivity contribution >= 4 is 5.96 Å². The first kappa shape index (κ1) is 17.9. The molecule has 1 saturated heterocycles. The summed E-state index contributed by atoms with van der Waals surface area (Å²) in [5, 5.41) is 6.85. The van der Waals surface area contributed by atoms with Crippen molar-refractivity contribution in [2.24, 2.45) is 10.9 Å². The molecule has 0 bridgehead atoms. The summed E-state index contributed by atoms with van der Waals surface area (Å²) < 4.78 is 10.8. The predicted molar refractivity (Wildman–Crippen MR) is 100 cm³/mol. The van der Waals surface area contributed by atoms with Gasteiger partial charge in [0.05, 0.1) is 6.54 Å². The second-order valence-electron chi connectivity index (χ2n) is 6.67. The largest absolute Gasteiger partial charge is 0.454 e. The zero-order chi connectivity index (χ0) is 17.5. The van der Waals surface area contributed by atoms with Crippen LogP contribution in [0.4, 0.5) is 0 Å². The maximum absolute atomic E-state index is 5.43. The minimum absolute atomic E-state index is 0.308. The van der Waals surface area contributed by atoms with Gasteiger partial charge in [-0.3, -0.25) is 0 Å². The average Bonchev–Trinajstić information content (AvgIpc) is 3.12. The Bertz CT molecular complexity index is 591. The number of guanidine groups is 1. The molecule has 1 fully saturated rings. The SMILES string of the molecule is CCNC(=NCc1ccc2c(c1)OCO2)NCC1CCCN(CC)C1. The van der Waals surface area contributed by atoms with Gasteiger partial charge in [0.2, 0.25) is 6.79 Å². The fourth-order valence-corrected chi connectivity index (χ4v) is 3.40. The normalized spacial score (nSPS) is 20.6. The molecular formula is C19H30N4O2. The van der Waals surface area contributed by atoms with Gasteiger partial charge in [0, 0.05) is 19.6 Å². The molecule has 0 spiro atoms. The molecular weight excluding hydrogens is 316 g/mol. The molecule has 2 heterocycles. The molecule has 0 aromatic heterocycles. The van der Waals surface area contributed by atoms with E-state index in [0.717, 1.165) is 42.7 Å². The highest BCUT2D eigenvalue weighted by molar-refractivity contribution is 5.79. The molecule has 138 valence electrons. The van der Waals surface area contributed by atoms with Gasteiger partial charge in [-0.25, -0.2) is 4.99 Å². The molecule has 0 saturated carbocycles. The smallest absolute Gasteiger partial charge is 0.231 e. The Balaban J connectivity index is 1.54. The van der Waals surface area contributed by atoms with Crippen molar-refractivity contribution in [1.82, 2.24) is 15.5 Å². The number of benzene rings is 1. The minimum Gasteiger partial charge on any atom is -0.454 e. The van der Waals surface area contributed by atoms with Crippen LogP contribution in [-0.2, 0) is 6.54 Å². The third-order valence-corrected chi connectivity index (χ3v) is 4.81. The predicted octanol–water partition coefficient (Wildman–Crippen LogP) is 2.20. The maximum Gasteiger partial charge on any atom is 0.231 e. The standard InChI is InChI=1S/C19H30N4O2/c1-3-20-19(22-12-16-6-5-9-23(4-2)13-16)21-11-15-7-8-17-18(10-15)25-14-24-17/h7-8,10,16H,3-6,9,11-14H2,1-2H3,(H2,20,21,22). The minimum atomic E-state index is 0.308. The monoisotopic (exact) mass is 346 g/mol. The number of ether oxygens (including phenoxy) is 2. The van der Waals surface area contributed by atoms with Crippen LogP contribution in [0, 0.1) is 5.92 Å². The lowest BCUT2D eigenvalue weighted by atomic mass is 9.98. The molecule has 6 heteroatoms. The lowest BCUT2D eigenvalue weighted by Crippen LogP contribution is -2.44. The fourth-order valence-electron chi connectivity index (χ4n) is 3.40. The second kappa shape index (κ2) is 8.94. The number of likely N-dealkylation sites (tertiary alicyclic amines) is 1. The Labute approximate surface area is 150 Å². The van der Waals surface area contributed by atoms with E-state index in [2.05, 4.69) is 29.4 Å². The molecule has 1 unspecified atom stereocenters. The number of rotatable bonds is 6. The number of hydrogen-bond acceptors (Lipinski definition) is 4. The highest BCUT2D eigenvalue weighted by atomic mass is 16.7. The van der Waals surface area contributed by atoms with Crippen LogP contribution >= 0.6 is 0 Å². The van der Waals surface area contributed by atoms with Gasteiger partial charge in [0.15, 0.2) is 17.5 Å². The Morgan fingerprint density at radius 3 is 2.96 bits per heavy atom. The third-order valence-electron chi connectivity index (χ3n) is 4.81. The first-order valence-electron chi connectivity index (χ1n) is 9.41. The number of nitrogens with zero attached hydrogens (tertiary/aromatic N) is 2. The summed E-state index contributed by atoms with van der Waals surface area (Å²) in [5.74, 6) is 3.21. The van der Waals surface area contributed by atoms with E-state index >= 15 is 0 Å². The van der Waals surface area contributed by atoms with Crippen LogP contribution in [0.2, 0.25) is 0 Å². The van der Waals surface area contributed by atoms with Crippen molar-refractivity contribution < 1.29 is 9.47 Å². The topological polar surface area (TPSA) is 58.1 Å². The maximum atomic E-state index is 5.43. The molecule has 1 aromatic rings. The van der Waals surface area contributed by atoms with Crippen LogP contribution in [0.5, 0.6) is 11.5 Å². The molecule has 6 nitrogen and oxygen atoms in total. The molecule has 0 aliphatic carbocycles. The van der Waals surface area contributed by atoms with Crippen LogP contribution < -0.4 is 20.1 Å². The van der Waals surface area contributed by atoms with Gasteiger partial charge in [-0.2, -0.15) is 0 Å². The van der Waals surface area contributed by atoms with Crippen molar-refractivity contribution in [2.75, 3.05) is 39.5 Å². The van der Waals surface area contributed by atoms with E-state index in [-0.39, 0.29) is 0 Å². The lowest BCUT2D eigenvalue weighted by molar-refractivity contribution is 0.174.